The Hall–Kier alpha value is -4.58. The first-order valence-electron chi connectivity index (χ1n) is 14.0. The van der Waals surface area contributed by atoms with E-state index in [0.29, 0.717) is 62.4 Å². The van der Waals surface area contributed by atoms with Crippen LogP contribution >= 0.6 is 0 Å². The number of unbranched alkanes of at least 4 members (excludes halogenated alkanes) is 1. The van der Waals surface area contributed by atoms with Crippen LogP contribution in [0.4, 0.5) is 8.78 Å². The standard InChI is InChI=1S/C33H42N4O3.CH2F2/c1-6-23-35-33(29-17-11-9-10-12-18-29)30(19-13-14-20-32(39)40)36-28(5)21-22-31(38)34-24-26-37(8-3)25-15-16-27(4)7-2;2-1-3/h6-7,11,15-18,21-22,25H,1-2,5,8-9,13-14,19-20,23-24,26H2,3-4H3,(H,34,38)(H,39,40);1H2/b22-21+,25-15+,27-16-,35-33?,36-30?;. The molecular weight excluding hydrogens is 550 g/mol. The summed E-state index contributed by atoms with van der Waals surface area (Å²) in [4.78, 5) is 34.8. The summed E-state index contributed by atoms with van der Waals surface area (Å²) in [5.41, 5.74) is 3.61. The molecule has 0 aromatic rings. The van der Waals surface area contributed by atoms with Crippen molar-refractivity contribution in [1.29, 1.82) is 0 Å². The number of carboxylic acids is 1. The Morgan fingerprint density at radius 3 is 2.58 bits per heavy atom. The molecular formula is C34H44F2N4O3. The maximum absolute atomic E-state index is 12.4. The normalized spacial score (nSPS) is 13.3. The number of allylic oxidation sites excluding steroid dienone is 9. The largest absolute Gasteiger partial charge is 0.481 e. The molecule has 1 aliphatic rings. The number of aliphatic imine (C=N–C) groups is 2. The Morgan fingerprint density at radius 2 is 1.93 bits per heavy atom. The number of alkyl halides is 2. The number of hydrogen-bond donors (Lipinski definition) is 2. The van der Waals surface area contributed by atoms with Crippen molar-refractivity contribution in [3.8, 4) is 11.8 Å². The first-order valence-corrected chi connectivity index (χ1v) is 14.0. The van der Waals surface area contributed by atoms with Crippen LogP contribution in [-0.2, 0) is 9.59 Å². The van der Waals surface area contributed by atoms with E-state index in [1.807, 2.05) is 37.4 Å². The molecule has 1 aliphatic carbocycles. The van der Waals surface area contributed by atoms with E-state index in [4.69, 9.17) is 10.1 Å². The second-order valence-electron chi connectivity index (χ2n) is 8.97. The molecule has 1 amide bonds. The Kier molecular flexibility index (Phi) is 22.5. The first-order chi connectivity index (χ1) is 20.7. The van der Waals surface area contributed by atoms with E-state index in [1.54, 1.807) is 24.3 Å². The molecule has 0 saturated heterocycles. The molecule has 0 bridgehead atoms. The molecule has 0 fully saturated rings. The maximum atomic E-state index is 12.4. The van der Waals surface area contributed by atoms with E-state index in [0.717, 1.165) is 17.7 Å². The van der Waals surface area contributed by atoms with Crippen LogP contribution in [0.3, 0.4) is 0 Å². The summed E-state index contributed by atoms with van der Waals surface area (Å²) in [6.45, 7) is 16.1. The van der Waals surface area contributed by atoms with E-state index in [9.17, 15) is 18.4 Å². The van der Waals surface area contributed by atoms with E-state index in [-0.39, 0.29) is 12.3 Å². The van der Waals surface area contributed by atoms with Gasteiger partial charge in [0.15, 0.2) is 0 Å². The Balaban J connectivity index is 0.00000562. The average Bonchev–Trinajstić information content (AvgIpc) is 3.27. The van der Waals surface area contributed by atoms with Gasteiger partial charge in [-0.1, -0.05) is 61.0 Å². The van der Waals surface area contributed by atoms with Crippen LogP contribution in [0.5, 0.6) is 0 Å². The summed E-state index contributed by atoms with van der Waals surface area (Å²) in [5, 5.41) is 11.9. The molecule has 0 saturated carbocycles. The van der Waals surface area contributed by atoms with E-state index >= 15 is 0 Å². The zero-order valence-corrected chi connectivity index (χ0v) is 25.3. The number of carboxylic acid groups (broad SMARTS) is 1. The van der Waals surface area contributed by atoms with Crippen LogP contribution < -0.4 is 5.32 Å². The van der Waals surface area contributed by atoms with E-state index < -0.39 is 12.9 Å². The van der Waals surface area contributed by atoms with Crippen molar-refractivity contribution in [3.63, 3.8) is 0 Å². The molecule has 0 spiro atoms. The number of likely N-dealkylation sites (N-methyl/N-ethyl adjacent to an activating group) is 1. The van der Waals surface area contributed by atoms with Gasteiger partial charge in [0.1, 0.15) is 0 Å². The van der Waals surface area contributed by atoms with E-state index in [2.05, 4.69) is 53.7 Å². The minimum absolute atomic E-state index is 0.0813. The summed E-state index contributed by atoms with van der Waals surface area (Å²) >= 11 is 0. The van der Waals surface area contributed by atoms with Crippen molar-refractivity contribution in [2.75, 3.05) is 33.1 Å². The summed E-state index contributed by atoms with van der Waals surface area (Å²) in [7, 11) is 0. The summed E-state index contributed by atoms with van der Waals surface area (Å²) < 4.78 is 19.2. The molecule has 43 heavy (non-hydrogen) atoms. The molecule has 7 nitrogen and oxygen atoms in total. The molecule has 1 rings (SSSR count). The van der Waals surface area contributed by atoms with Gasteiger partial charge in [-0.15, -0.1) is 6.58 Å². The van der Waals surface area contributed by atoms with Gasteiger partial charge in [0, 0.05) is 44.1 Å². The number of nitrogens with zero attached hydrogens (tertiary/aromatic N) is 3. The molecule has 2 N–H and O–H groups in total. The number of halogens is 2. The van der Waals surface area contributed by atoms with Crippen molar-refractivity contribution >= 4 is 23.3 Å². The number of rotatable bonds is 19. The summed E-state index contributed by atoms with van der Waals surface area (Å²) in [6, 6.07) is 0. The molecule has 0 radical (unpaired) electrons. The van der Waals surface area contributed by atoms with Crippen LogP contribution in [0.1, 0.15) is 46.0 Å². The lowest BCUT2D eigenvalue weighted by atomic mass is 9.99. The molecule has 9 heteroatoms. The van der Waals surface area contributed by atoms with E-state index in [1.165, 1.54) is 6.08 Å². The van der Waals surface area contributed by atoms with Gasteiger partial charge >= 0.3 is 5.97 Å². The highest BCUT2D eigenvalue weighted by Gasteiger charge is 2.14. The van der Waals surface area contributed by atoms with Crippen LogP contribution in [0.2, 0.25) is 0 Å². The monoisotopic (exact) mass is 594 g/mol. The molecule has 0 aromatic heterocycles. The average molecular weight is 595 g/mol. The van der Waals surface area contributed by atoms with Gasteiger partial charge < -0.3 is 15.3 Å². The number of nitrogens with one attached hydrogen (secondary N) is 1. The fourth-order valence-electron chi connectivity index (χ4n) is 3.42. The Morgan fingerprint density at radius 1 is 1.21 bits per heavy atom. The predicted octanol–water partition coefficient (Wildman–Crippen LogP) is 6.63. The summed E-state index contributed by atoms with van der Waals surface area (Å²) in [6.07, 6.45) is 20.5. The highest BCUT2D eigenvalue weighted by Crippen LogP contribution is 2.14. The van der Waals surface area contributed by atoms with Gasteiger partial charge in [-0.2, -0.15) is 0 Å². The fourth-order valence-corrected chi connectivity index (χ4v) is 3.42. The Bertz CT molecular complexity index is 1210. The zero-order chi connectivity index (χ0) is 32.3. The van der Waals surface area contributed by atoms with Crippen molar-refractivity contribution in [2.45, 2.75) is 46.0 Å². The molecule has 0 heterocycles. The maximum Gasteiger partial charge on any atom is 0.303 e. The molecule has 0 aromatic carbocycles. The zero-order valence-electron chi connectivity index (χ0n) is 25.3. The van der Waals surface area contributed by atoms with Crippen LogP contribution in [0, 0.1) is 11.8 Å². The molecule has 232 valence electrons. The molecule has 0 atom stereocenters. The number of carbonyl (C=O) groups is 2. The second-order valence-corrected chi connectivity index (χ2v) is 8.97. The quantitative estimate of drug-likeness (QED) is 0.0439. The lowest BCUT2D eigenvalue weighted by Crippen LogP contribution is -2.31. The summed E-state index contributed by atoms with van der Waals surface area (Å²) in [5.74, 6) is 4.97. The Labute approximate surface area is 255 Å². The third-order valence-corrected chi connectivity index (χ3v) is 5.61. The fraction of sp³-hybridized carbons (Fsp3) is 0.353. The van der Waals surface area contributed by atoms with Gasteiger partial charge in [-0.25, -0.2) is 8.78 Å². The molecule has 0 unspecified atom stereocenters. The van der Waals surface area contributed by atoms with Crippen LogP contribution in [0.25, 0.3) is 0 Å². The van der Waals surface area contributed by atoms with Crippen molar-refractivity contribution < 1.29 is 23.5 Å². The van der Waals surface area contributed by atoms with Crippen molar-refractivity contribution in [2.24, 2.45) is 9.98 Å². The minimum Gasteiger partial charge on any atom is -0.481 e. The highest BCUT2D eigenvalue weighted by molar-refractivity contribution is 6.49. The van der Waals surface area contributed by atoms with Gasteiger partial charge in [-0.3, -0.25) is 19.6 Å². The lowest BCUT2D eigenvalue weighted by Gasteiger charge is -2.17. The molecule has 0 aliphatic heterocycles. The highest BCUT2D eigenvalue weighted by atomic mass is 19.3. The van der Waals surface area contributed by atoms with Crippen LogP contribution in [-0.4, -0.2) is 66.4 Å². The topological polar surface area (TPSA) is 94.4 Å². The predicted molar refractivity (Wildman–Crippen MR) is 174 cm³/mol. The van der Waals surface area contributed by atoms with Crippen molar-refractivity contribution in [3.05, 3.63) is 97.5 Å². The number of carbonyl (C=O) groups excluding carboxylic acids is 1. The first kappa shape index (κ1) is 38.4. The second kappa shape index (κ2) is 25.2. The third-order valence-electron chi connectivity index (χ3n) is 5.61. The number of hydrogen-bond acceptors (Lipinski definition) is 5. The van der Waals surface area contributed by atoms with Gasteiger partial charge in [-0.05, 0) is 57.5 Å². The smallest absolute Gasteiger partial charge is 0.303 e. The van der Waals surface area contributed by atoms with Gasteiger partial charge in [0.05, 0.1) is 23.7 Å². The SMILES string of the molecule is C=CCN=C(C1=CC#CCC=C1)C(CCCCC(=O)O)=NC(=C)/C=C/C(=O)NCCN(/C=C/C=C(/C)C=C)CC.FCF. The van der Waals surface area contributed by atoms with Gasteiger partial charge in [0.25, 0.3) is 0 Å². The van der Waals surface area contributed by atoms with Gasteiger partial charge in [0.2, 0.25) is 12.8 Å². The number of aliphatic carboxylic acids is 1. The lowest BCUT2D eigenvalue weighted by molar-refractivity contribution is -0.137. The third kappa shape index (κ3) is 20.0. The van der Waals surface area contributed by atoms with Crippen molar-refractivity contribution in [1.82, 2.24) is 10.2 Å². The minimum atomic E-state index is -1.75. The van der Waals surface area contributed by atoms with Crippen LogP contribution in [0.15, 0.2) is 107 Å². The number of amides is 1.